The van der Waals surface area contributed by atoms with Crippen LogP contribution >= 0.6 is 23.2 Å². The summed E-state index contributed by atoms with van der Waals surface area (Å²) in [7, 11) is -3.56. The molecule has 2 amide bonds. The summed E-state index contributed by atoms with van der Waals surface area (Å²) in [6, 6.07) is 9.89. The maximum absolute atomic E-state index is 13.4. The van der Waals surface area contributed by atoms with Crippen molar-refractivity contribution >= 4 is 50.7 Å². The molecule has 204 valence electrons. The van der Waals surface area contributed by atoms with Crippen molar-refractivity contribution in [2.24, 2.45) is 5.92 Å². The summed E-state index contributed by atoms with van der Waals surface area (Å²) in [5.74, 6) is -0.272. The van der Waals surface area contributed by atoms with E-state index in [2.05, 4.69) is 5.32 Å². The summed E-state index contributed by atoms with van der Waals surface area (Å²) in [5, 5.41) is 3.75. The molecule has 2 rings (SSSR count). The molecule has 0 aliphatic carbocycles. The van der Waals surface area contributed by atoms with Gasteiger partial charge in [0.15, 0.2) is 0 Å². The zero-order chi connectivity index (χ0) is 27.9. The third kappa shape index (κ3) is 9.20. The fourth-order valence-corrected chi connectivity index (χ4v) is 5.32. The van der Waals surface area contributed by atoms with Crippen LogP contribution in [0.5, 0.6) is 0 Å². The minimum atomic E-state index is -3.56. The third-order valence-electron chi connectivity index (χ3n) is 5.99. The van der Waals surface area contributed by atoms with E-state index >= 15 is 0 Å². The number of benzene rings is 2. The topological polar surface area (TPSA) is 86.8 Å². The first-order chi connectivity index (χ1) is 17.2. The van der Waals surface area contributed by atoms with Crippen molar-refractivity contribution < 1.29 is 18.0 Å². The number of aryl methyl sites for hydroxylation is 2. The normalized spacial score (nSPS) is 12.4. The molecule has 0 saturated heterocycles. The first-order valence-corrected chi connectivity index (χ1v) is 14.9. The lowest BCUT2D eigenvalue weighted by molar-refractivity contribution is -0.140. The number of carbonyl (C=O) groups excluding carboxylic acids is 2. The monoisotopic (exact) mass is 569 g/mol. The van der Waals surface area contributed by atoms with Crippen LogP contribution in [-0.2, 0) is 26.2 Å². The summed E-state index contributed by atoms with van der Waals surface area (Å²) >= 11 is 12.4. The van der Waals surface area contributed by atoms with Crippen molar-refractivity contribution in [3.8, 4) is 0 Å². The molecule has 2 aromatic rings. The molecule has 0 aromatic heterocycles. The first-order valence-electron chi connectivity index (χ1n) is 12.3. The van der Waals surface area contributed by atoms with Crippen molar-refractivity contribution in [1.29, 1.82) is 0 Å². The van der Waals surface area contributed by atoms with Crippen molar-refractivity contribution in [1.82, 2.24) is 10.2 Å². The van der Waals surface area contributed by atoms with Crippen LogP contribution in [0, 0.1) is 19.8 Å². The number of halogens is 2. The van der Waals surface area contributed by atoms with Crippen LogP contribution < -0.4 is 9.62 Å². The van der Waals surface area contributed by atoms with Gasteiger partial charge in [-0.05, 0) is 68.0 Å². The Morgan fingerprint density at radius 1 is 1.03 bits per heavy atom. The Labute approximate surface area is 231 Å². The summed E-state index contributed by atoms with van der Waals surface area (Å²) in [5.41, 5.74) is 3.03. The highest BCUT2D eigenvalue weighted by Crippen LogP contribution is 2.26. The van der Waals surface area contributed by atoms with Crippen LogP contribution in [0.1, 0.15) is 50.3 Å². The molecule has 0 saturated carbocycles. The van der Waals surface area contributed by atoms with Gasteiger partial charge in [0.2, 0.25) is 21.8 Å². The number of rotatable bonds is 12. The van der Waals surface area contributed by atoms with Crippen molar-refractivity contribution in [3.05, 3.63) is 63.1 Å². The number of amides is 2. The number of nitrogens with zero attached hydrogens (tertiary/aromatic N) is 2. The van der Waals surface area contributed by atoms with E-state index in [1.807, 2.05) is 45.9 Å². The zero-order valence-corrected chi connectivity index (χ0v) is 24.7. The van der Waals surface area contributed by atoms with E-state index in [0.29, 0.717) is 27.8 Å². The van der Waals surface area contributed by atoms with E-state index in [9.17, 15) is 18.0 Å². The smallest absolute Gasteiger partial charge is 0.242 e. The van der Waals surface area contributed by atoms with Gasteiger partial charge in [-0.15, -0.1) is 0 Å². The van der Waals surface area contributed by atoms with Crippen molar-refractivity contribution in [2.45, 2.75) is 60.0 Å². The van der Waals surface area contributed by atoms with Gasteiger partial charge in [0.05, 0.1) is 11.9 Å². The van der Waals surface area contributed by atoms with Gasteiger partial charge in [-0.25, -0.2) is 8.42 Å². The molecule has 0 aliphatic rings. The van der Waals surface area contributed by atoms with Crippen LogP contribution in [0.2, 0.25) is 10.0 Å². The molecule has 1 N–H and O–H groups in total. The fraction of sp³-hybridized carbons (Fsp3) is 0.481. The lowest BCUT2D eigenvalue weighted by atomic mass is 10.1. The Balaban J connectivity index is 2.23. The molecule has 7 nitrogen and oxygen atoms in total. The summed E-state index contributed by atoms with van der Waals surface area (Å²) in [6.07, 6.45) is 1.50. The number of anilines is 1. The predicted molar refractivity (Wildman–Crippen MR) is 152 cm³/mol. The number of sulfonamides is 1. The van der Waals surface area contributed by atoms with Crippen LogP contribution in [0.4, 0.5) is 5.69 Å². The van der Waals surface area contributed by atoms with E-state index < -0.39 is 16.1 Å². The van der Waals surface area contributed by atoms with E-state index in [-0.39, 0.29) is 43.7 Å². The third-order valence-corrected chi connectivity index (χ3v) is 7.76. The Morgan fingerprint density at radius 3 is 2.30 bits per heavy atom. The molecule has 1 atom stereocenters. The SMILES string of the molecule is Cc1ccc(C)c(N(CCCC(=O)N(Cc2ccc(Cl)cc2Cl)C(C)C(=O)NCC(C)C)S(C)(=O)=O)c1. The number of carbonyl (C=O) groups is 2. The molecule has 1 unspecified atom stereocenters. The predicted octanol–water partition coefficient (Wildman–Crippen LogP) is 5.35. The second-order valence-corrected chi connectivity index (χ2v) is 12.6. The molecule has 0 aliphatic heterocycles. The highest BCUT2D eigenvalue weighted by Gasteiger charge is 2.27. The maximum Gasteiger partial charge on any atom is 0.242 e. The van der Waals surface area contributed by atoms with E-state index in [1.165, 1.54) is 9.21 Å². The van der Waals surface area contributed by atoms with Gasteiger partial charge >= 0.3 is 0 Å². The molecule has 0 fully saturated rings. The van der Waals surface area contributed by atoms with Crippen LogP contribution in [0.3, 0.4) is 0 Å². The van der Waals surface area contributed by atoms with E-state index in [4.69, 9.17) is 23.2 Å². The quantitative estimate of drug-likeness (QED) is 0.373. The molecule has 0 radical (unpaired) electrons. The highest BCUT2D eigenvalue weighted by molar-refractivity contribution is 7.92. The molecule has 0 spiro atoms. The van der Waals surface area contributed by atoms with E-state index in [1.54, 1.807) is 25.1 Å². The summed E-state index contributed by atoms with van der Waals surface area (Å²) in [6.45, 7) is 10.2. The average molecular weight is 571 g/mol. The number of hydrogen-bond donors (Lipinski definition) is 1. The van der Waals surface area contributed by atoms with E-state index in [0.717, 1.165) is 17.4 Å². The molecular formula is C27H37Cl2N3O4S. The molecule has 0 heterocycles. The Kier molecular flexibility index (Phi) is 11.3. The minimum absolute atomic E-state index is 0.0594. The Hall–Kier alpha value is -2.29. The van der Waals surface area contributed by atoms with Gasteiger partial charge in [-0.3, -0.25) is 13.9 Å². The lowest BCUT2D eigenvalue weighted by Gasteiger charge is -2.30. The molecule has 2 aromatic carbocycles. The maximum atomic E-state index is 13.4. The van der Waals surface area contributed by atoms with Crippen LogP contribution in [0.25, 0.3) is 0 Å². The van der Waals surface area contributed by atoms with Gasteiger partial charge in [0, 0.05) is 36.1 Å². The Bertz CT molecular complexity index is 1220. The molecule has 37 heavy (non-hydrogen) atoms. The summed E-state index contributed by atoms with van der Waals surface area (Å²) < 4.78 is 26.5. The Morgan fingerprint density at radius 2 is 1.70 bits per heavy atom. The second kappa shape index (κ2) is 13.5. The minimum Gasteiger partial charge on any atom is -0.354 e. The first kappa shape index (κ1) is 30.9. The molecular weight excluding hydrogens is 533 g/mol. The second-order valence-electron chi connectivity index (χ2n) is 9.80. The lowest BCUT2D eigenvalue weighted by Crippen LogP contribution is -2.48. The van der Waals surface area contributed by atoms with Gasteiger partial charge in [0.25, 0.3) is 0 Å². The van der Waals surface area contributed by atoms with Crippen LogP contribution in [-0.4, -0.2) is 50.5 Å². The highest BCUT2D eigenvalue weighted by atomic mass is 35.5. The van der Waals surface area contributed by atoms with Gasteiger partial charge in [-0.2, -0.15) is 0 Å². The van der Waals surface area contributed by atoms with Gasteiger partial charge < -0.3 is 10.2 Å². The molecule has 0 bridgehead atoms. The zero-order valence-electron chi connectivity index (χ0n) is 22.3. The van der Waals surface area contributed by atoms with Gasteiger partial charge in [-0.1, -0.05) is 55.2 Å². The summed E-state index contributed by atoms with van der Waals surface area (Å²) in [4.78, 5) is 27.7. The van der Waals surface area contributed by atoms with Crippen molar-refractivity contribution in [2.75, 3.05) is 23.7 Å². The fourth-order valence-electron chi connectivity index (χ4n) is 3.84. The standard InChI is InChI=1S/C27H37Cl2N3O4S/c1-18(2)16-30-27(34)21(5)31(17-22-11-12-23(28)15-24(22)29)26(33)8-7-13-32(37(6,35)36)25-14-19(3)9-10-20(25)4/h9-12,14-15,18,21H,7-8,13,16-17H2,1-6H3,(H,30,34). The van der Waals surface area contributed by atoms with Crippen molar-refractivity contribution in [3.63, 3.8) is 0 Å². The molecule has 10 heteroatoms. The number of nitrogens with one attached hydrogen (secondary N) is 1. The number of hydrogen-bond acceptors (Lipinski definition) is 4. The largest absolute Gasteiger partial charge is 0.354 e. The van der Waals surface area contributed by atoms with Crippen LogP contribution in [0.15, 0.2) is 36.4 Å². The average Bonchev–Trinajstić information content (AvgIpc) is 2.80. The van der Waals surface area contributed by atoms with Gasteiger partial charge in [0.1, 0.15) is 6.04 Å².